The summed E-state index contributed by atoms with van der Waals surface area (Å²) in [6.45, 7) is 7.98. The van der Waals surface area contributed by atoms with Crippen LogP contribution in [-0.4, -0.2) is 23.9 Å². The molecule has 1 aliphatic heterocycles. The Kier molecular flexibility index (Phi) is 5.22. The van der Waals surface area contributed by atoms with Gasteiger partial charge in [-0.05, 0) is 55.2 Å². The number of nitrogens with zero attached hydrogens (tertiary/aromatic N) is 1. The summed E-state index contributed by atoms with van der Waals surface area (Å²) in [5, 5.41) is 2.14. The number of nitrogens with two attached hydrogens (primary N) is 1. The zero-order chi connectivity index (χ0) is 14.7. The van der Waals surface area contributed by atoms with Crippen LogP contribution in [0.2, 0.25) is 0 Å². The molecule has 0 fully saturated rings. The Morgan fingerprint density at radius 1 is 1.55 bits per heavy atom. The summed E-state index contributed by atoms with van der Waals surface area (Å²) in [5.74, 6) is 1.18. The van der Waals surface area contributed by atoms with Crippen LogP contribution < -0.4 is 5.73 Å². The van der Waals surface area contributed by atoms with Crippen LogP contribution in [-0.2, 0) is 11.2 Å². The van der Waals surface area contributed by atoms with Gasteiger partial charge in [0.15, 0.2) is 0 Å². The number of carbonyl (C=O) groups excluding carboxylic acids is 1. The van der Waals surface area contributed by atoms with E-state index in [9.17, 15) is 4.79 Å². The largest absolute Gasteiger partial charge is 0.336 e. The Hall–Kier alpha value is -0.870. The number of carbonyl (C=O) groups is 1. The van der Waals surface area contributed by atoms with E-state index in [1.807, 2.05) is 16.2 Å². The van der Waals surface area contributed by atoms with Gasteiger partial charge in [0.25, 0.3) is 0 Å². The SMILES string of the molecule is CC(C)C[C@H](CN)CC(=O)N1CCc2sccc2C1C. The average Bonchev–Trinajstić information content (AvgIpc) is 2.86. The van der Waals surface area contributed by atoms with E-state index in [-0.39, 0.29) is 11.9 Å². The van der Waals surface area contributed by atoms with Crippen LogP contribution in [0.15, 0.2) is 11.4 Å². The first-order chi connectivity index (χ1) is 9.52. The summed E-state index contributed by atoms with van der Waals surface area (Å²) in [6.07, 6.45) is 2.63. The van der Waals surface area contributed by atoms with E-state index in [2.05, 4.69) is 32.2 Å². The molecule has 1 aliphatic rings. The van der Waals surface area contributed by atoms with Crippen molar-refractivity contribution >= 4 is 17.2 Å². The highest BCUT2D eigenvalue weighted by Gasteiger charge is 2.29. The van der Waals surface area contributed by atoms with Crippen molar-refractivity contribution < 1.29 is 4.79 Å². The van der Waals surface area contributed by atoms with Crippen LogP contribution in [0.3, 0.4) is 0 Å². The summed E-state index contributed by atoms with van der Waals surface area (Å²) in [4.78, 5) is 16.0. The van der Waals surface area contributed by atoms with E-state index in [1.165, 1.54) is 10.4 Å². The standard InChI is InChI=1S/C16H26N2OS/c1-11(2)8-13(10-17)9-16(19)18-6-4-15-14(12(18)3)5-7-20-15/h5,7,11-13H,4,6,8-10,17H2,1-3H3/t12?,13-/m0/s1. The Morgan fingerprint density at radius 2 is 2.30 bits per heavy atom. The van der Waals surface area contributed by atoms with E-state index >= 15 is 0 Å². The van der Waals surface area contributed by atoms with Gasteiger partial charge in [-0.3, -0.25) is 4.79 Å². The van der Waals surface area contributed by atoms with Crippen molar-refractivity contribution in [2.45, 2.75) is 46.1 Å². The van der Waals surface area contributed by atoms with E-state index in [4.69, 9.17) is 5.73 Å². The maximum absolute atomic E-state index is 12.6. The number of hydrogen-bond acceptors (Lipinski definition) is 3. The van der Waals surface area contributed by atoms with E-state index in [0.29, 0.717) is 24.8 Å². The number of thiophene rings is 1. The Balaban J connectivity index is 1.99. The molecule has 0 radical (unpaired) electrons. The molecule has 1 amide bonds. The summed E-state index contributed by atoms with van der Waals surface area (Å²) >= 11 is 1.81. The van der Waals surface area contributed by atoms with Crippen LogP contribution in [0.25, 0.3) is 0 Å². The predicted octanol–water partition coefficient (Wildman–Crippen LogP) is 3.20. The number of fused-ring (bicyclic) bond motifs is 1. The number of amides is 1. The van der Waals surface area contributed by atoms with Gasteiger partial charge in [-0.25, -0.2) is 0 Å². The average molecular weight is 294 g/mol. The first kappa shape index (κ1) is 15.5. The topological polar surface area (TPSA) is 46.3 Å². The zero-order valence-corrected chi connectivity index (χ0v) is 13.6. The highest BCUT2D eigenvalue weighted by atomic mass is 32.1. The Bertz CT molecular complexity index is 455. The van der Waals surface area contributed by atoms with Crippen LogP contribution in [0.1, 0.15) is 50.1 Å². The summed E-state index contributed by atoms with van der Waals surface area (Å²) in [7, 11) is 0. The second kappa shape index (κ2) is 6.72. The minimum atomic E-state index is 0.218. The normalized spacial score (nSPS) is 20.1. The van der Waals surface area contributed by atoms with Crippen molar-refractivity contribution in [3.05, 3.63) is 21.9 Å². The molecular weight excluding hydrogens is 268 g/mol. The molecule has 0 saturated heterocycles. The lowest BCUT2D eigenvalue weighted by Gasteiger charge is -2.34. The van der Waals surface area contributed by atoms with Gasteiger partial charge in [-0.2, -0.15) is 0 Å². The van der Waals surface area contributed by atoms with Crippen LogP contribution in [0.4, 0.5) is 0 Å². The Labute approximate surface area is 126 Å². The monoisotopic (exact) mass is 294 g/mol. The quantitative estimate of drug-likeness (QED) is 0.906. The van der Waals surface area contributed by atoms with Gasteiger partial charge in [0.1, 0.15) is 0 Å². The second-order valence-electron chi connectivity index (χ2n) is 6.25. The van der Waals surface area contributed by atoms with E-state index in [1.54, 1.807) is 0 Å². The van der Waals surface area contributed by atoms with E-state index in [0.717, 1.165) is 19.4 Å². The molecule has 0 aromatic carbocycles. The third kappa shape index (κ3) is 3.41. The highest BCUT2D eigenvalue weighted by Crippen LogP contribution is 2.33. The molecule has 2 rings (SSSR count). The minimum Gasteiger partial charge on any atom is -0.336 e. The number of rotatable bonds is 5. The van der Waals surface area contributed by atoms with Gasteiger partial charge in [-0.15, -0.1) is 11.3 Å². The van der Waals surface area contributed by atoms with Crippen molar-refractivity contribution in [1.29, 1.82) is 0 Å². The summed E-state index contributed by atoms with van der Waals surface area (Å²) in [6, 6.07) is 2.38. The number of hydrogen-bond donors (Lipinski definition) is 1. The molecule has 4 heteroatoms. The molecule has 2 heterocycles. The lowest BCUT2D eigenvalue weighted by atomic mass is 9.92. The lowest BCUT2D eigenvalue weighted by Crippen LogP contribution is -2.39. The maximum Gasteiger partial charge on any atom is 0.223 e. The van der Waals surface area contributed by atoms with Crippen LogP contribution in [0.5, 0.6) is 0 Å². The third-order valence-corrected chi connectivity index (χ3v) is 5.20. The molecule has 0 aliphatic carbocycles. The maximum atomic E-state index is 12.6. The smallest absolute Gasteiger partial charge is 0.223 e. The van der Waals surface area contributed by atoms with Gasteiger partial charge in [0.2, 0.25) is 5.91 Å². The predicted molar refractivity (Wildman–Crippen MR) is 84.8 cm³/mol. The van der Waals surface area contributed by atoms with Crippen LogP contribution >= 0.6 is 11.3 Å². The lowest BCUT2D eigenvalue weighted by molar-refractivity contribution is -0.134. The molecule has 1 aromatic heterocycles. The molecule has 2 N–H and O–H groups in total. The molecule has 2 atom stereocenters. The van der Waals surface area contributed by atoms with Gasteiger partial charge in [-0.1, -0.05) is 13.8 Å². The highest BCUT2D eigenvalue weighted by molar-refractivity contribution is 7.10. The van der Waals surface area contributed by atoms with Crippen molar-refractivity contribution in [1.82, 2.24) is 4.90 Å². The van der Waals surface area contributed by atoms with Gasteiger partial charge in [0, 0.05) is 17.8 Å². The van der Waals surface area contributed by atoms with Gasteiger partial charge < -0.3 is 10.6 Å². The fourth-order valence-corrected chi connectivity index (χ4v) is 4.11. The molecule has 1 unspecified atom stereocenters. The summed E-state index contributed by atoms with van der Waals surface area (Å²) in [5.41, 5.74) is 7.16. The van der Waals surface area contributed by atoms with Crippen molar-refractivity contribution in [3.8, 4) is 0 Å². The summed E-state index contributed by atoms with van der Waals surface area (Å²) < 4.78 is 0. The molecule has 0 spiro atoms. The third-order valence-electron chi connectivity index (χ3n) is 4.20. The van der Waals surface area contributed by atoms with Crippen molar-refractivity contribution in [2.24, 2.45) is 17.6 Å². The molecular formula is C16H26N2OS. The van der Waals surface area contributed by atoms with Crippen molar-refractivity contribution in [3.63, 3.8) is 0 Å². The van der Waals surface area contributed by atoms with Crippen molar-refractivity contribution in [2.75, 3.05) is 13.1 Å². The molecule has 20 heavy (non-hydrogen) atoms. The first-order valence-electron chi connectivity index (χ1n) is 7.58. The molecule has 1 aromatic rings. The minimum absolute atomic E-state index is 0.218. The van der Waals surface area contributed by atoms with E-state index < -0.39 is 0 Å². The molecule has 112 valence electrons. The second-order valence-corrected chi connectivity index (χ2v) is 7.25. The van der Waals surface area contributed by atoms with Crippen LogP contribution in [0, 0.1) is 11.8 Å². The zero-order valence-electron chi connectivity index (χ0n) is 12.8. The fraction of sp³-hybridized carbons (Fsp3) is 0.688. The van der Waals surface area contributed by atoms with Gasteiger partial charge >= 0.3 is 0 Å². The van der Waals surface area contributed by atoms with Gasteiger partial charge in [0.05, 0.1) is 6.04 Å². The molecule has 0 bridgehead atoms. The first-order valence-corrected chi connectivity index (χ1v) is 8.46. The molecule has 0 saturated carbocycles. The fourth-order valence-electron chi connectivity index (χ4n) is 3.14. The molecule has 3 nitrogen and oxygen atoms in total. The Morgan fingerprint density at radius 3 is 2.95 bits per heavy atom.